The first-order chi connectivity index (χ1) is 13.1. The van der Waals surface area contributed by atoms with E-state index in [2.05, 4.69) is 43.0 Å². The molecule has 0 atom stereocenters. The molecular formula is C25H24FN. The van der Waals surface area contributed by atoms with E-state index in [1.807, 2.05) is 37.3 Å². The molecule has 1 nitrogen and oxygen atoms in total. The van der Waals surface area contributed by atoms with Crippen molar-refractivity contribution in [3.8, 4) is 23.0 Å². The molecule has 0 aliphatic heterocycles. The van der Waals surface area contributed by atoms with Crippen molar-refractivity contribution in [3.63, 3.8) is 0 Å². The van der Waals surface area contributed by atoms with Gasteiger partial charge in [-0.05, 0) is 78.4 Å². The Balaban J connectivity index is 1.74. The van der Waals surface area contributed by atoms with Gasteiger partial charge in [-0.2, -0.15) is 0 Å². The summed E-state index contributed by atoms with van der Waals surface area (Å²) in [5.74, 6) is 6.01. The summed E-state index contributed by atoms with van der Waals surface area (Å²) in [6, 6.07) is 19.7. The molecule has 0 fully saturated rings. The number of rotatable bonds is 4. The van der Waals surface area contributed by atoms with Crippen LogP contribution in [0, 0.1) is 24.6 Å². The SMILES string of the molecule is CCCCc1ccc(C#Cc2ccc(-c3cc(C)c(N)c(F)c3)cc2)cc1. The Morgan fingerprint density at radius 2 is 1.44 bits per heavy atom. The van der Waals surface area contributed by atoms with E-state index in [9.17, 15) is 4.39 Å². The summed E-state index contributed by atoms with van der Waals surface area (Å²) in [5.41, 5.74) is 11.7. The van der Waals surface area contributed by atoms with Gasteiger partial charge in [0.2, 0.25) is 0 Å². The molecule has 0 aliphatic carbocycles. The van der Waals surface area contributed by atoms with E-state index in [0.717, 1.165) is 34.2 Å². The number of hydrogen-bond donors (Lipinski definition) is 1. The molecule has 0 radical (unpaired) electrons. The zero-order valence-corrected chi connectivity index (χ0v) is 15.9. The lowest BCUT2D eigenvalue weighted by atomic mass is 10.0. The van der Waals surface area contributed by atoms with Crippen LogP contribution in [0.5, 0.6) is 0 Å². The molecule has 0 spiro atoms. The maximum absolute atomic E-state index is 13.9. The molecule has 0 aromatic heterocycles. The topological polar surface area (TPSA) is 26.0 Å². The number of nitrogens with two attached hydrogens (primary N) is 1. The van der Waals surface area contributed by atoms with Crippen molar-refractivity contribution < 1.29 is 4.39 Å². The van der Waals surface area contributed by atoms with Crippen LogP contribution in [0.3, 0.4) is 0 Å². The first-order valence-electron chi connectivity index (χ1n) is 9.34. The number of anilines is 1. The van der Waals surface area contributed by atoms with Gasteiger partial charge in [-0.3, -0.25) is 0 Å². The minimum Gasteiger partial charge on any atom is -0.396 e. The molecule has 2 N–H and O–H groups in total. The Hall–Kier alpha value is -3.05. The van der Waals surface area contributed by atoms with Crippen molar-refractivity contribution in [2.75, 3.05) is 5.73 Å². The molecule has 0 aliphatic rings. The monoisotopic (exact) mass is 357 g/mol. The number of aryl methyl sites for hydroxylation is 2. The van der Waals surface area contributed by atoms with Crippen LogP contribution in [0.25, 0.3) is 11.1 Å². The largest absolute Gasteiger partial charge is 0.396 e. The van der Waals surface area contributed by atoms with Crippen molar-refractivity contribution >= 4 is 5.69 Å². The van der Waals surface area contributed by atoms with Gasteiger partial charge in [0, 0.05) is 11.1 Å². The Labute approximate surface area is 161 Å². The van der Waals surface area contributed by atoms with Crippen molar-refractivity contribution in [1.29, 1.82) is 0 Å². The molecule has 2 heteroatoms. The lowest BCUT2D eigenvalue weighted by Crippen LogP contribution is -1.95. The van der Waals surface area contributed by atoms with E-state index >= 15 is 0 Å². The molecule has 0 unspecified atom stereocenters. The van der Waals surface area contributed by atoms with Gasteiger partial charge in [-0.25, -0.2) is 4.39 Å². The van der Waals surface area contributed by atoms with E-state index in [4.69, 9.17) is 5.73 Å². The maximum atomic E-state index is 13.9. The summed E-state index contributed by atoms with van der Waals surface area (Å²) in [6.07, 6.45) is 3.55. The normalized spacial score (nSPS) is 10.3. The summed E-state index contributed by atoms with van der Waals surface area (Å²) >= 11 is 0. The third-order valence-corrected chi connectivity index (χ3v) is 4.68. The Bertz CT molecular complexity index is 951. The Morgan fingerprint density at radius 3 is 2.00 bits per heavy atom. The molecule has 3 rings (SSSR count). The molecule has 3 aromatic carbocycles. The lowest BCUT2D eigenvalue weighted by Gasteiger charge is -2.07. The van der Waals surface area contributed by atoms with Gasteiger partial charge in [0.1, 0.15) is 5.82 Å². The van der Waals surface area contributed by atoms with Crippen molar-refractivity contribution in [3.05, 3.63) is 88.7 Å². The van der Waals surface area contributed by atoms with Crippen LogP contribution in [0.15, 0.2) is 60.7 Å². The first-order valence-corrected chi connectivity index (χ1v) is 9.34. The highest BCUT2D eigenvalue weighted by molar-refractivity contribution is 5.68. The second-order valence-electron chi connectivity index (χ2n) is 6.82. The first kappa shape index (κ1) is 18.7. The Kier molecular flexibility index (Phi) is 5.94. The zero-order chi connectivity index (χ0) is 19.2. The summed E-state index contributed by atoms with van der Waals surface area (Å²) < 4.78 is 13.9. The van der Waals surface area contributed by atoms with Gasteiger partial charge < -0.3 is 5.73 Å². The predicted molar refractivity (Wildman–Crippen MR) is 112 cm³/mol. The smallest absolute Gasteiger partial charge is 0.146 e. The van der Waals surface area contributed by atoms with E-state index in [0.29, 0.717) is 0 Å². The fourth-order valence-electron chi connectivity index (χ4n) is 2.95. The minimum atomic E-state index is -0.378. The van der Waals surface area contributed by atoms with Crippen LogP contribution in [0.1, 0.15) is 42.0 Å². The Morgan fingerprint density at radius 1 is 0.852 bits per heavy atom. The summed E-state index contributed by atoms with van der Waals surface area (Å²) in [7, 11) is 0. The van der Waals surface area contributed by atoms with Crippen molar-refractivity contribution in [1.82, 2.24) is 0 Å². The minimum absolute atomic E-state index is 0.210. The molecule has 3 aromatic rings. The van der Waals surface area contributed by atoms with Crippen LogP contribution in [0.2, 0.25) is 0 Å². The van der Waals surface area contributed by atoms with E-state index < -0.39 is 0 Å². The highest BCUT2D eigenvalue weighted by Gasteiger charge is 2.06. The molecule has 0 amide bonds. The molecule has 0 bridgehead atoms. The van der Waals surface area contributed by atoms with E-state index in [1.54, 1.807) is 0 Å². The summed E-state index contributed by atoms with van der Waals surface area (Å²) in [5, 5.41) is 0. The molecule has 0 saturated heterocycles. The quantitative estimate of drug-likeness (QED) is 0.441. The van der Waals surface area contributed by atoms with Gasteiger partial charge in [0.25, 0.3) is 0 Å². The summed E-state index contributed by atoms with van der Waals surface area (Å²) in [6.45, 7) is 4.02. The maximum Gasteiger partial charge on any atom is 0.146 e. The fourth-order valence-corrected chi connectivity index (χ4v) is 2.95. The van der Waals surface area contributed by atoms with Crippen LogP contribution in [-0.2, 0) is 6.42 Å². The standard InChI is InChI=1S/C25H24FN/c1-3-4-5-19-6-8-20(9-7-19)10-11-21-12-14-22(15-13-21)23-16-18(2)25(27)24(26)17-23/h6-9,12-17H,3-5,27H2,1-2H3. The fraction of sp³-hybridized carbons (Fsp3) is 0.200. The lowest BCUT2D eigenvalue weighted by molar-refractivity contribution is 0.632. The highest BCUT2D eigenvalue weighted by Crippen LogP contribution is 2.26. The van der Waals surface area contributed by atoms with Crippen LogP contribution in [-0.4, -0.2) is 0 Å². The highest BCUT2D eigenvalue weighted by atomic mass is 19.1. The number of halogens is 1. The van der Waals surface area contributed by atoms with Crippen LogP contribution >= 0.6 is 0 Å². The zero-order valence-electron chi connectivity index (χ0n) is 15.9. The number of hydrogen-bond acceptors (Lipinski definition) is 1. The molecular weight excluding hydrogens is 333 g/mol. The average molecular weight is 357 g/mol. The van der Waals surface area contributed by atoms with Crippen molar-refractivity contribution in [2.24, 2.45) is 0 Å². The van der Waals surface area contributed by atoms with Crippen LogP contribution < -0.4 is 5.73 Å². The van der Waals surface area contributed by atoms with Crippen LogP contribution in [0.4, 0.5) is 10.1 Å². The number of unbranched alkanes of at least 4 members (excludes halogenated alkanes) is 1. The van der Waals surface area contributed by atoms with E-state index in [-0.39, 0.29) is 11.5 Å². The second kappa shape index (κ2) is 8.56. The molecule has 0 saturated carbocycles. The van der Waals surface area contributed by atoms with Gasteiger partial charge >= 0.3 is 0 Å². The van der Waals surface area contributed by atoms with Gasteiger partial charge in [0.15, 0.2) is 0 Å². The van der Waals surface area contributed by atoms with Gasteiger partial charge in [0.05, 0.1) is 5.69 Å². The molecule has 136 valence electrons. The predicted octanol–water partition coefficient (Wildman–Crippen LogP) is 6.13. The summed E-state index contributed by atoms with van der Waals surface area (Å²) in [4.78, 5) is 0. The third-order valence-electron chi connectivity index (χ3n) is 4.68. The second-order valence-corrected chi connectivity index (χ2v) is 6.82. The van der Waals surface area contributed by atoms with Gasteiger partial charge in [-0.15, -0.1) is 0 Å². The average Bonchev–Trinajstić information content (AvgIpc) is 2.69. The van der Waals surface area contributed by atoms with E-state index in [1.165, 1.54) is 24.5 Å². The van der Waals surface area contributed by atoms with Crippen molar-refractivity contribution in [2.45, 2.75) is 33.1 Å². The number of benzene rings is 3. The molecule has 0 heterocycles. The number of nitrogen functional groups attached to an aromatic ring is 1. The molecule has 27 heavy (non-hydrogen) atoms. The third kappa shape index (κ3) is 4.77. The van der Waals surface area contributed by atoms with Gasteiger partial charge in [-0.1, -0.05) is 49.5 Å².